The van der Waals surface area contributed by atoms with Crippen LogP contribution >= 0.6 is 11.6 Å². The van der Waals surface area contributed by atoms with Crippen LogP contribution in [-0.2, 0) is 22.4 Å². The van der Waals surface area contributed by atoms with Gasteiger partial charge in [-0.2, -0.15) is 0 Å². The maximum atomic E-state index is 13.4. The molecule has 1 heterocycles. The third kappa shape index (κ3) is 3.96. The highest BCUT2D eigenvalue weighted by atomic mass is 35.5. The molecule has 0 fully saturated rings. The summed E-state index contributed by atoms with van der Waals surface area (Å²) in [6.45, 7) is 6.53. The third-order valence-corrected chi connectivity index (χ3v) is 6.38. The number of carbonyl (C=O) groups excluding carboxylic acids is 2. The topological polar surface area (TPSA) is 57.6 Å². The second kappa shape index (κ2) is 8.19. The van der Waals surface area contributed by atoms with Crippen LogP contribution in [0, 0.1) is 0 Å². The van der Waals surface area contributed by atoms with Gasteiger partial charge >= 0.3 is 0 Å². The van der Waals surface area contributed by atoms with Crippen LogP contribution in [0.5, 0.6) is 0 Å². The number of aliphatic hydroxyl groups is 1. The van der Waals surface area contributed by atoms with Crippen molar-refractivity contribution in [3.05, 3.63) is 100 Å². The molecule has 1 aliphatic heterocycles. The highest BCUT2D eigenvalue weighted by Crippen LogP contribution is 2.44. The Kier molecular flexibility index (Phi) is 5.70. The lowest BCUT2D eigenvalue weighted by atomic mass is 9.85. The number of rotatable bonds is 5. The summed E-state index contributed by atoms with van der Waals surface area (Å²) in [6, 6.07) is 21.7. The summed E-state index contributed by atoms with van der Waals surface area (Å²) in [5, 5.41) is 12.0. The Bertz CT molecular complexity index is 1180. The van der Waals surface area contributed by atoms with Crippen molar-refractivity contribution >= 4 is 29.0 Å². The Morgan fingerprint density at radius 1 is 0.969 bits per heavy atom. The van der Waals surface area contributed by atoms with Gasteiger partial charge in [0.05, 0.1) is 18.7 Å². The van der Waals surface area contributed by atoms with Gasteiger partial charge in [0.2, 0.25) is 0 Å². The van der Waals surface area contributed by atoms with Crippen LogP contribution < -0.4 is 4.90 Å². The maximum Gasteiger partial charge on any atom is 0.264 e. The predicted octanol–water partition coefficient (Wildman–Crippen LogP) is 5.64. The number of fused-ring (bicyclic) bond motifs is 1. The third-order valence-electron chi connectivity index (χ3n) is 6.01. The van der Waals surface area contributed by atoms with Gasteiger partial charge in [0, 0.05) is 16.1 Å². The molecule has 4 nitrogen and oxygen atoms in total. The number of anilines is 1. The minimum atomic E-state index is -1.92. The van der Waals surface area contributed by atoms with Crippen molar-refractivity contribution in [2.24, 2.45) is 0 Å². The fourth-order valence-electron chi connectivity index (χ4n) is 4.12. The molecular weight excluding hydrogens is 422 g/mol. The van der Waals surface area contributed by atoms with Gasteiger partial charge < -0.3 is 10.0 Å². The SMILES string of the molecule is CC(C)(C)c1ccc(C(=O)C[C@]2(O)C(=O)N(Cc3ccccc3Cl)c3ccccc32)cc1. The number of amides is 1. The molecule has 5 heteroatoms. The van der Waals surface area contributed by atoms with Gasteiger partial charge in [-0.3, -0.25) is 9.59 Å². The van der Waals surface area contributed by atoms with Crippen LogP contribution in [0.25, 0.3) is 0 Å². The van der Waals surface area contributed by atoms with Gasteiger partial charge in [0.15, 0.2) is 11.4 Å². The number of para-hydroxylation sites is 1. The first-order valence-corrected chi connectivity index (χ1v) is 11.0. The molecule has 0 unspecified atom stereocenters. The van der Waals surface area contributed by atoms with Crippen LogP contribution in [0.1, 0.15) is 54.2 Å². The lowest BCUT2D eigenvalue weighted by Gasteiger charge is -2.23. The Morgan fingerprint density at radius 2 is 1.59 bits per heavy atom. The maximum absolute atomic E-state index is 13.4. The highest BCUT2D eigenvalue weighted by Gasteiger charge is 2.50. The summed E-state index contributed by atoms with van der Waals surface area (Å²) in [5.74, 6) is -0.797. The van der Waals surface area contributed by atoms with E-state index in [1.807, 2.05) is 36.4 Å². The van der Waals surface area contributed by atoms with E-state index in [1.54, 1.807) is 36.4 Å². The van der Waals surface area contributed by atoms with Crippen molar-refractivity contribution in [1.29, 1.82) is 0 Å². The highest BCUT2D eigenvalue weighted by molar-refractivity contribution is 6.31. The smallest absolute Gasteiger partial charge is 0.264 e. The van der Waals surface area contributed by atoms with Crippen molar-refractivity contribution in [1.82, 2.24) is 0 Å². The quantitative estimate of drug-likeness (QED) is 0.514. The van der Waals surface area contributed by atoms with Crippen molar-refractivity contribution in [3.63, 3.8) is 0 Å². The average molecular weight is 448 g/mol. The molecule has 0 aromatic heterocycles. The van der Waals surface area contributed by atoms with Crippen LogP contribution in [0.3, 0.4) is 0 Å². The second-order valence-corrected chi connectivity index (χ2v) is 9.69. The van der Waals surface area contributed by atoms with E-state index in [0.717, 1.165) is 11.1 Å². The van der Waals surface area contributed by atoms with Crippen molar-refractivity contribution < 1.29 is 14.7 Å². The molecule has 4 rings (SSSR count). The van der Waals surface area contributed by atoms with E-state index in [0.29, 0.717) is 21.8 Å². The number of ketones is 1. The molecule has 0 saturated heterocycles. The van der Waals surface area contributed by atoms with E-state index in [4.69, 9.17) is 11.6 Å². The number of carbonyl (C=O) groups is 2. The van der Waals surface area contributed by atoms with E-state index in [1.165, 1.54) is 4.90 Å². The zero-order chi connectivity index (χ0) is 23.1. The van der Waals surface area contributed by atoms with Crippen LogP contribution in [0.2, 0.25) is 5.02 Å². The zero-order valence-electron chi connectivity index (χ0n) is 18.4. The Labute approximate surface area is 193 Å². The lowest BCUT2D eigenvalue weighted by Crippen LogP contribution is -2.41. The number of hydrogen-bond acceptors (Lipinski definition) is 3. The summed E-state index contributed by atoms with van der Waals surface area (Å²) >= 11 is 6.30. The van der Waals surface area contributed by atoms with Gasteiger partial charge in [-0.15, -0.1) is 0 Å². The van der Waals surface area contributed by atoms with Gasteiger partial charge in [-0.05, 0) is 28.7 Å². The normalized spacial score (nSPS) is 18.0. The average Bonchev–Trinajstić information content (AvgIpc) is 2.97. The van der Waals surface area contributed by atoms with Gasteiger partial charge in [-0.1, -0.05) is 93.0 Å². The first kappa shape index (κ1) is 22.3. The largest absolute Gasteiger partial charge is 0.375 e. The number of Topliss-reactive ketones (excluding diaryl/α,β-unsaturated/α-hetero) is 1. The molecule has 0 radical (unpaired) electrons. The van der Waals surface area contributed by atoms with E-state index in [9.17, 15) is 14.7 Å². The Morgan fingerprint density at radius 3 is 2.25 bits per heavy atom. The molecule has 0 aliphatic carbocycles. The second-order valence-electron chi connectivity index (χ2n) is 9.29. The van der Waals surface area contributed by atoms with Crippen molar-refractivity contribution in [2.45, 2.75) is 44.8 Å². The van der Waals surface area contributed by atoms with Crippen molar-refractivity contribution in [3.8, 4) is 0 Å². The molecule has 0 saturated carbocycles. The Balaban J connectivity index is 1.64. The van der Waals surface area contributed by atoms with Gasteiger partial charge in [0.25, 0.3) is 5.91 Å². The van der Waals surface area contributed by atoms with E-state index < -0.39 is 11.5 Å². The summed E-state index contributed by atoms with van der Waals surface area (Å²) < 4.78 is 0. The molecule has 1 N–H and O–H groups in total. The minimum Gasteiger partial charge on any atom is -0.375 e. The number of halogens is 1. The molecule has 1 aliphatic rings. The van der Waals surface area contributed by atoms with E-state index in [2.05, 4.69) is 20.8 Å². The van der Waals surface area contributed by atoms with Gasteiger partial charge in [0.1, 0.15) is 0 Å². The lowest BCUT2D eigenvalue weighted by molar-refractivity contribution is -0.136. The standard InChI is InChI=1S/C27H26ClNO3/c1-26(2,3)20-14-12-18(13-15-20)24(30)16-27(32)21-9-5-7-11-23(21)29(25(27)31)17-19-8-4-6-10-22(19)28/h4-15,32H,16-17H2,1-3H3/t27-/m1/s1. The zero-order valence-corrected chi connectivity index (χ0v) is 19.2. The fourth-order valence-corrected chi connectivity index (χ4v) is 4.32. The predicted molar refractivity (Wildman–Crippen MR) is 127 cm³/mol. The van der Waals surface area contributed by atoms with Crippen molar-refractivity contribution in [2.75, 3.05) is 4.90 Å². The van der Waals surface area contributed by atoms with Crippen LogP contribution in [0.4, 0.5) is 5.69 Å². The van der Waals surface area contributed by atoms with Gasteiger partial charge in [-0.25, -0.2) is 0 Å². The molecule has 0 spiro atoms. The summed E-state index contributed by atoms with van der Waals surface area (Å²) in [5.41, 5.74) is 1.44. The molecule has 32 heavy (non-hydrogen) atoms. The Hall–Kier alpha value is -2.95. The monoisotopic (exact) mass is 447 g/mol. The number of benzene rings is 3. The molecule has 0 bridgehead atoms. The molecule has 3 aromatic carbocycles. The first-order valence-electron chi connectivity index (χ1n) is 10.6. The number of nitrogens with zero attached hydrogens (tertiary/aromatic N) is 1. The molecule has 1 amide bonds. The summed E-state index contributed by atoms with van der Waals surface area (Å²) in [6.07, 6.45) is -0.323. The molecule has 1 atom stereocenters. The van der Waals surface area contributed by atoms with E-state index >= 15 is 0 Å². The van der Waals surface area contributed by atoms with E-state index in [-0.39, 0.29) is 24.2 Å². The molecular formula is C27H26ClNO3. The minimum absolute atomic E-state index is 0.0284. The number of hydrogen-bond donors (Lipinski definition) is 1. The summed E-state index contributed by atoms with van der Waals surface area (Å²) in [4.78, 5) is 28.0. The summed E-state index contributed by atoms with van der Waals surface area (Å²) in [7, 11) is 0. The van der Waals surface area contributed by atoms with Crippen LogP contribution in [0.15, 0.2) is 72.8 Å². The molecule has 164 valence electrons. The fraction of sp³-hybridized carbons (Fsp3) is 0.259. The van der Waals surface area contributed by atoms with Crippen LogP contribution in [-0.4, -0.2) is 16.8 Å². The first-order chi connectivity index (χ1) is 15.1. The molecule has 3 aromatic rings.